The first-order valence-corrected chi connectivity index (χ1v) is 2.21. The molecule has 0 aliphatic rings. The molecule has 0 amide bonds. The van der Waals surface area contributed by atoms with Gasteiger partial charge >= 0.3 is 18.9 Å². The van der Waals surface area contributed by atoms with Gasteiger partial charge in [-0.25, -0.2) is 9.66 Å². The largest absolute Gasteiger partial charge is 1.00 e. The van der Waals surface area contributed by atoms with E-state index in [1.165, 1.54) is 12.4 Å². The first-order valence-electron chi connectivity index (χ1n) is 2.21. The van der Waals surface area contributed by atoms with Crippen LogP contribution in [-0.4, -0.2) is 15.6 Å². The molecule has 1 aromatic heterocycles. The maximum absolute atomic E-state index is 10.0. The number of carbonyl (C=O) groups excluding carboxylic acids is 1. The Labute approximate surface area is 69.0 Å². The molecular weight excluding hydrogens is 129 g/mol. The van der Waals surface area contributed by atoms with Gasteiger partial charge in [-0.15, -0.1) is 0 Å². The minimum atomic E-state index is -1.37. The Hall–Kier alpha value is -0.923. The molecule has 0 fully saturated rings. The minimum Gasteiger partial charge on any atom is -0.542 e. The number of aromatic nitrogens is 2. The molecule has 48 valence electrons. The third-order valence-corrected chi connectivity index (χ3v) is 0.851. The van der Waals surface area contributed by atoms with E-state index in [2.05, 4.69) is 4.98 Å². The Kier molecular flexibility index (Phi) is 2.99. The van der Waals surface area contributed by atoms with Crippen molar-refractivity contribution >= 4 is 5.97 Å². The number of hydrogen-bond donors (Lipinski definition) is 1. The molecule has 0 atom stereocenters. The molecule has 0 aliphatic carbocycles. The van der Waals surface area contributed by atoms with Crippen molar-refractivity contribution in [2.75, 3.05) is 5.84 Å². The second-order valence-corrected chi connectivity index (χ2v) is 1.45. The third kappa shape index (κ3) is 1.53. The Morgan fingerprint density at radius 3 is 2.60 bits per heavy atom. The average Bonchev–Trinajstić information content (AvgIpc) is 2.13. The molecule has 6 heteroatoms. The minimum absolute atomic E-state index is 0. The molecule has 0 spiro atoms. The van der Waals surface area contributed by atoms with Gasteiger partial charge in [-0.1, -0.05) is 0 Å². The van der Waals surface area contributed by atoms with Crippen LogP contribution >= 0.6 is 0 Å². The van der Waals surface area contributed by atoms with E-state index >= 15 is 0 Å². The van der Waals surface area contributed by atoms with Crippen LogP contribution in [0.5, 0.6) is 0 Å². The molecular formula is C4H4LiN3O2. The molecule has 0 unspecified atom stereocenters. The summed E-state index contributed by atoms with van der Waals surface area (Å²) in [6.45, 7) is 0. The van der Waals surface area contributed by atoms with E-state index in [0.717, 1.165) is 4.68 Å². The van der Waals surface area contributed by atoms with E-state index in [1.54, 1.807) is 0 Å². The summed E-state index contributed by atoms with van der Waals surface area (Å²) in [4.78, 5) is 13.4. The molecule has 0 bridgehead atoms. The number of nitrogens with zero attached hydrogens (tertiary/aromatic N) is 2. The number of hydrogen-bond acceptors (Lipinski definition) is 4. The van der Waals surface area contributed by atoms with Gasteiger partial charge in [-0.05, 0) is 0 Å². The summed E-state index contributed by atoms with van der Waals surface area (Å²) in [5.74, 6) is 3.43. The SMILES string of the molecule is Nn1ccnc1C(=O)[O-].[Li+]. The summed E-state index contributed by atoms with van der Waals surface area (Å²) >= 11 is 0. The van der Waals surface area contributed by atoms with E-state index < -0.39 is 5.97 Å². The Morgan fingerprint density at radius 2 is 2.40 bits per heavy atom. The van der Waals surface area contributed by atoms with Crippen molar-refractivity contribution < 1.29 is 28.8 Å². The summed E-state index contributed by atoms with van der Waals surface area (Å²) in [5, 5.41) is 10.0. The van der Waals surface area contributed by atoms with Gasteiger partial charge in [0, 0.05) is 12.4 Å². The van der Waals surface area contributed by atoms with Crippen LogP contribution in [0.15, 0.2) is 12.4 Å². The normalized spacial score (nSPS) is 8.40. The zero-order chi connectivity index (χ0) is 6.85. The first-order chi connectivity index (χ1) is 4.22. The van der Waals surface area contributed by atoms with Crippen molar-refractivity contribution in [3.8, 4) is 0 Å². The van der Waals surface area contributed by atoms with Gasteiger partial charge in [0.25, 0.3) is 0 Å². The molecule has 10 heavy (non-hydrogen) atoms. The van der Waals surface area contributed by atoms with Crippen LogP contribution in [-0.2, 0) is 0 Å². The summed E-state index contributed by atoms with van der Waals surface area (Å²) < 4.78 is 0.884. The van der Waals surface area contributed by atoms with E-state index in [0.29, 0.717) is 0 Å². The monoisotopic (exact) mass is 133 g/mol. The maximum Gasteiger partial charge on any atom is 1.00 e. The van der Waals surface area contributed by atoms with Gasteiger partial charge in [0.05, 0.1) is 0 Å². The second kappa shape index (κ2) is 3.30. The van der Waals surface area contributed by atoms with E-state index in [4.69, 9.17) is 5.84 Å². The second-order valence-electron chi connectivity index (χ2n) is 1.45. The number of carboxylic acids is 1. The molecule has 2 N–H and O–H groups in total. The van der Waals surface area contributed by atoms with E-state index in [9.17, 15) is 9.90 Å². The molecule has 1 heterocycles. The van der Waals surface area contributed by atoms with Gasteiger partial charge in [0.15, 0.2) is 5.82 Å². The standard InChI is InChI=1S/C4H5N3O2.Li/c5-7-2-1-6-3(7)4(8)9;/h1-2H,5H2,(H,8,9);/q;+1/p-1. The topological polar surface area (TPSA) is 84.0 Å². The van der Waals surface area contributed by atoms with Gasteiger partial charge in [0.2, 0.25) is 0 Å². The van der Waals surface area contributed by atoms with Crippen LogP contribution < -0.4 is 29.8 Å². The van der Waals surface area contributed by atoms with Crippen molar-refractivity contribution in [2.24, 2.45) is 0 Å². The van der Waals surface area contributed by atoms with Gasteiger partial charge in [0.1, 0.15) is 5.97 Å². The van der Waals surface area contributed by atoms with Crippen LogP contribution in [0.25, 0.3) is 0 Å². The third-order valence-electron chi connectivity index (χ3n) is 0.851. The van der Waals surface area contributed by atoms with Crippen LogP contribution in [0.1, 0.15) is 10.6 Å². The van der Waals surface area contributed by atoms with Gasteiger partial charge in [-0.2, -0.15) is 0 Å². The van der Waals surface area contributed by atoms with Crippen molar-refractivity contribution in [2.45, 2.75) is 0 Å². The fourth-order valence-electron chi connectivity index (χ4n) is 0.471. The molecule has 0 saturated carbocycles. The molecule has 1 rings (SSSR count). The molecule has 0 radical (unpaired) electrons. The summed E-state index contributed by atoms with van der Waals surface area (Å²) in [6, 6.07) is 0. The number of aromatic carboxylic acids is 1. The van der Waals surface area contributed by atoms with E-state index in [1.807, 2.05) is 0 Å². The summed E-state index contributed by atoms with van der Waals surface area (Å²) in [6.07, 6.45) is 2.61. The predicted molar refractivity (Wildman–Crippen MR) is 26.7 cm³/mol. The number of carbonyl (C=O) groups is 1. The maximum atomic E-state index is 10.0. The number of imidazole rings is 1. The average molecular weight is 133 g/mol. The summed E-state index contributed by atoms with van der Waals surface area (Å²) in [7, 11) is 0. The first kappa shape index (κ1) is 9.08. The zero-order valence-electron chi connectivity index (χ0n) is 5.44. The quantitative estimate of drug-likeness (QED) is 0.307. The Balaban J connectivity index is 0.000000810. The van der Waals surface area contributed by atoms with Crippen molar-refractivity contribution in [1.82, 2.24) is 9.66 Å². The predicted octanol–water partition coefficient (Wildman–Crippen LogP) is -5.04. The Morgan fingerprint density at radius 1 is 1.80 bits per heavy atom. The van der Waals surface area contributed by atoms with Crippen molar-refractivity contribution in [3.63, 3.8) is 0 Å². The number of carboxylic acid groups (broad SMARTS) is 1. The number of rotatable bonds is 1. The molecule has 0 saturated heterocycles. The van der Waals surface area contributed by atoms with Gasteiger partial charge in [-0.3, -0.25) is 0 Å². The zero-order valence-corrected chi connectivity index (χ0v) is 5.44. The van der Waals surface area contributed by atoms with Gasteiger partial charge < -0.3 is 15.7 Å². The van der Waals surface area contributed by atoms with Crippen molar-refractivity contribution in [3.05, 3.63) is 18.2 Å². The van der Waals surface area contributed by atoms with Crippen molar-refractivity contribution in [1.29, 1.82) is 0 Å². The summed E-state index contributed by atoms with van der Waals surface area (Å²) in [5.41, 5.74) is 0. The van der Waals surface area contributed by atoms with Crippen LogP contribution in [0.2, 0.25) is 0 Å². The smallest absolute Gasteiger partial charge is 0.542 e. The number of nitrogen functional groups attached to an aromatic ring is 1. The molecule has 0 aliphatic heterocycles. The fourth-order valence-corrected chi connectivity index (χ4v) is 0.471. The molecule has 0 aromatic carbocycles. The molecule has 5 nitrogen and oxygen atoms in total. The van der Waals surface area contributed by atoms with Crippen LogP contribution in [0.3, 0.4) is 0 Å². The van der Waals surface area contributed by atoms with E-state index in [-0.39, 0.29) is 24.7 Å². The van der Waals surface area contributed by atoms with Crippen LogP contribution in [0, 0.1) is 0 Å². The fraction of sp³-hybridized carbons (Fsp3) is 0. The number of nitrogens with two attached hydrogens (primary N) is 1. The Bertz CT molecular complexity index is 234. The van der Waals surface area contributed by atoms with Crippen LogP contribution in [0.4, 0.5) is 0 Å². The molecule has 1 aromatic rings.